The van der Waals surface area contributed by atoms with Crippen LogP contribution in [0.4, 0.5) is 10.1 Å². The van der Waals surface area contributed by atoms with Crippen LogP contribution in [0.25, 0.3) is 0 Å². The predicted molar refractivity (Wildman–Crippen MR) is 58.7 cm³/mol. The largest absolute Gasteiger partial charge is 0.322 e. The summed E-state index contributed by atoms with van der Waals surface area (Å²) in [7, 11) is 0. The molecule has 0 fully saturated rings. The van der Waals surface area contributed by atoms with Crippen LogP contribution in [-0.4, -0.2) is 19.0 Å². The number of rotatable bonds is 0. The first-order valence-electron chi connectivity index (χ1n) is 5.23. The first kappa shape index (κ1) is 9.54. The molecule has 0 radical (unpaired) electrons. The van der Waals surface area contributed by atoms with Gasteiger partial charge in [0, 0.05) is 13.1 Å². The van der Waals surface area contributed by atoms with E-state index in [0.717, 1.165) is 12.1 Å². The lowest BCUT2D eigenvalue weighted by Crippen LogP contribution is -2.44. The van der Waals surface area contributed by atoms with Gasteiger partial charge in [0.2, 0.25) is 5.91 Å². The summed E-state index contributed by atoms with van der Waals surface area (Å²) in [6.45, 7) is 1.27. The molecule has 2 aliphatic heterocycles. The number of hydrogen-bond acceptors (Lipinski definition) is 2. The number of amides is 1. The maximum Gasteiger partial charge on any atom is 0.240 e. The molecule has 2 heterocycles. The van der Waals surface area contributed by atoms with E-state index in [4.69, 9.17) is 0 Å². The third-order valence-electron chi connectivity index (χ3n) is 3.21. The van der Waals surface area contributed by atoms with E-state index in [1.165, 1.54) is 6.07 Å². The van der Waals surface area contributed by atoms with Crippen LogP contribution in [0, 0.1) is 5.82 Å². The summed E-state index contributed by atoms with van der Waals surface area (Å²) in [5.74, 6) is -0.530. The molecular formula is C12H11FN2O. The van der Waals surface area contributed by atoms with E-state index in [1.807, 2.05) is 12.2 Å². The molecule has 0 aliphatic carbocycles. The van der Waals surface area contributed by atoms with E-state index in [-0.39, 0.29) is 11.7 Å². The quantitative estimate of drug-likeness (QED) is 0.642. The Morgan fingerprint density at radius 2 is 2.25 bits per heavy atom. The summed E-state index contributed by atoms with van der Waals surface area (Å²) >= 11 is 0. The van der Waals surface area contributed by atoms with Gasteiger partial charge in [-0.05, 0) is 11.6 Å². The third-order valence-corrected chi connectivity index (χ3v) is 3.21. The summed E-state index contributed by atoms with van der Waals surface area (Å²) < 4.78 is 13.5. The van der Waals surface area contributed by atoms with Gasteiger partial charge >= 0.3 is 0 Å². The Balaban J connectivity index is 2.23. The fraction of sp³-hybridized carbons (Fsp3) is 0.250. The lowest BCUT2D eigenvalue weighted by atomic mass is 9.80. The summed E-state index contributed by atoms with van der Waals surface area (Å²) in [5.41, 5.74) is 0.317. The van der Waals surface area contributed by atoms with Crippen LogP contribution in [0.1, 0.15) is 5.56 Å². The molecule has 3 rings (SSSR count). The number of nitrogens with one attached hydrogen (secondary N) is 2. The van der Waals surface area contributed by atoms with Crippen LogP contribution in [-0.2, 0) is 10.2 Å². The van der Waals surface area contributed by atoms with Gasteiger partial charge in [0.15, 0.2) is 0 Å². The zero-order valence-electron chi connectivity index (χ0n) is 8.59. The molecule has 1 amide bonds. The fourth-order valence-corrected chi connectivity index (χ4v) is 2.38. The Bertz CT molecular complexity index is 498. The first-order chi connectivity index (χ1) is 7.74. The zero-order valence-corrected chi connectivity index (χ0v) is 8.59. The van der Waals surface area contributed by atoms with Gasteiger partial charge in [-0.1, -0.05) is 24.3 Å². The summed E-state index contributed by atoms with van der Waals surface area (Å²) in [4.78, 5) is 12.0. The van der Waals surface area contributed by atoms with E-state index in [0.29, 0.717) is 12.2 Å². The van der Waals surface area contributed by atoms with Crippen LogP contribution in [0.2, 0.25) is 0 Å². The smallest absolute Gasteiger partial charge is 0.240 e. The Hall–Kier alpha value is -1.68. The third kappa shape index (κ3) is 1.08. The van der Waals surface area contributed by atoms with E-state index < -0.39 is 5.41 Å². The van der Waals surface area contributed by atoms with Crippen molar-refractivity contribution >= 4 is 11.6 Å². The molecule has 82 valence electrons. The number of benzene rings is 1. The molecule has 0 saturated carbocycles. The topological polar surface area (TPSA) is 41.1 Å². The number of fused-ring (bicyclic) bond motifs is 2. The minimum absolute atomic E-state index is 0.156. The molecule has 1 atom stereocenters. The molecule has 1 spiro atoms. The van der Waals surface area contributed by atoms with Crippen molar-refractivity contribution in [3.05, 3.63) is 41.7 Å². The van der Waals surface area contributed by atoms with Crippen molar-refractivity contribution in [3.8, 4) is 0 Å². The molecule has 1 aromatic rings. The van der Waals surface area contributed by atoms with Gasteiger partial charge in [-0.15, -0.1) is 0 Å². The lowest BCUT2D eigenvalue weighted by Gasteiger charge is -2.27. The maximum absolute atomic E-state index is 13.5. The standard InChI is InChI=1S/C12H11FN2O/c13-9-4-1-3-8-10(9)15-11(16)12(8)5-2-6-14-7-12/h1-5,14H,6-7H2,(H,15,16)/t12-/m1/s1. The highest BCUT2D eigenvalue weighted by Crippen LogP contribution is 2.40. The Labute approximate surface area is 92.3 Å². The van der Waals surface area contributed by atoms with Crippen molar-refractivity contribution in [2.75, 3.05) is 18.4 Å². The Kier molecular flexibility index (Phi) is 1.88. The van der Waals surface area contributed by atoms with Crippen molar-refractivity contribution in [1.29, 1.82) is 0 Å². The second kappa shape index (κ2) is 3.15. The summed E-state index contributed by atoms with van der Waals surface area (Å²) in [6, 6.07) is 4.80. The molecule has 4 heteroatoms. The van der Waals surface area contributed by atoms with Gasteiger partial charge < -0.3 is 10.6 Å². The van der Waals surface area contributed by atoms with Crippen LogP contribution in [0.15, 0.2) is 30.4 Å². The number of halogens is 1. The van der Waals surface area contributed by atoms with Crippen molar-refractivity contribution in [2.45, 2.75) is 5.41 Å². The number of carbonyl (C=O) groups is 1. The highest BCUT2D eigenvalue weighted by molar-refractivity contribution is 6.08. The molecule has 2 N–H and O–H groups in total. The maximum atomic E-state index is 13.5. The molecule has 0 bridgehead atoms. The summed E-state index contributed by atoms with van der Waals surface area (Å²) in [5, 5.41) is 5.76. The molecule has 0 unspecified atom stereocenters. The fourth-order valence-electron chi connectivity index (χ4n) is 2.38. The highest BCUT2D eigenvalue weighted by Gasteiger charge is 2.46. The van der Waals surface area contributed by atoms with Gasteiger partial charge in [-0.2, -0.15) is 0 Å². The molecule has 2 aliphatic rings. The van der Waals surface area contributed by atoms with E-state index in [1.54, 1.807) is 12.1 Å². The number of para-hydroxylation sites is 1. The zero-order chi connectivity index (χ0) is 11.2. The van der Waals surface area contributed by atoms with E-state index in [2.05, 4.69) is 10.6 Å². The highest BCUT2D eigenvalue weighted by atomic mass is 19.1. The SMILES string of the molecule is O=C1Nc2c(F)cccc2[C@]12C=CCNC2. The van der Waals surface area contributed by atoms with Crippen LogP contribution < -0.4 is 10.6 Å². The monoisotopic (exact) mass is 218 g/mol. The molecule has 3 nitrogen and oxygen atoms in total. The van der Waals surface area contributed by atoms with Crippen LogP contribution >= 0.6 is 0 Å². The van der Waals surface area contributed by atoms with Crippen molar-refractivity contribution in [2.24, 2.45) is 0 Å². The average molecular weight is 218 g/mol. The van der Waals surface area contributed by atoms with Crippen molar-refractivity contribution in [1.82, 2.24) is 5.32 Å². The van der Waals surface area contributed by atoms with Gasteiger partial charge in [0.1, 0.15) is 11.2 Å². The van der Waals surface area contributed by atoms with Crippen LogP contribution in [0.5, 0.6) is 0 Å². The second-order valence-corrected chi connectivity index (χ2v) is 4.12. The molecule has 16 heavy (non-hydrogen) atoms. The van der Waals surface area contributed by atoms with Crippen LogP contribution in [0.3, 0.4) is 0 Å². The van der Waals surface area contributed by atoms with Crippen molar-refractivity contribution < 1.29 is 9.18 Å². The first-order valence-corrected chi connectivity index (χ1v) is 5.23. The van der Waals surface area contributed by atoms with E-state index in [9.17, 15) is 9.18 Å². The minimum Gasteiger partial charge on any atom is -0.322 e. The summed E-state index contributed by atoms with van der Waals surface area (Å²) in [6.07, 6.45) is 3.77. The second-order valence-electron chi connectivity index (χ2n) is 4.12. The van der Waals surface area contributed by atoms with Gasteiger partial charge in [-0.25, -0.2) is 4.39 Å². The number of anilines is 1. The Morgan fingerprint density at radius 1 is 1.38 bits per heavy atom. The number of hydrogen-bond donors (Lipinski definition) is 2. The molecule has 1 aromatic carbocycles. The lowest BCUT2D eigenvalue weighted by molar-refractivity contribution is -0.119. The molecule has 0 saturated heterocycles. The van der Waals surface area contributed by atoms with Gasteiger partial charge in [-0.3, -0.25) is 4.79 Å². The predicted octanol–water partition coefficient (Wildman–Crippen LogP) is 1.17. The number of carbonyl (C=O) groups excluding carboxylic acids is 1. The molecule has 0 aromatic heterocycles. The van der Waals surface area contributed by atoms with Gasteiger partial charge in [0.05, 0.1) is 5.69 Å². The Morgan fingerprint density at radius 3 is 3.00 bits per heavy atom. The van der Waals surface area contributed by atoms with Gasteiger partial charge in [0.25, 0.3) is 0 Å². The average Bonchev–Trinajstić information content (AvgIpc) is 2.57. The minimum atomic E-state index is -0.727. The van der Waals surface area contributed by atoms with E-state index >= 15 is 0 Å². The molecular weight excluding hydrogens is 207 g/mol. The normalized spacial score (nSPS) is 26.9. The van der Waals surface area contributed by atoms with Crippen molar-refractivity contribution in [3.63, 3.8) is 0 Å².